The van der Waals surface area contributed by atoms with Gasteiger partial charge in [0.15, 0.2) is 7.98 Å². The molecule has 0 saturated heterocycles. The number of nitrogens with zero attached hydrogens (tertiary/aromatic N) is 1. The molecule has 0 aliphatic rings. The number of hydrogen-bond acceptors (Lipinski definition) is 7. The van der Waals surface area contributed by atoms with Crippen molar-refractivity contribution in [3.8, 4) is 28.4 Å². The minimum atomic E-state index is -0.224. The van der Waals surface area contributed by atoms with Crippen LogP contribution < -0.4 is 19.4 Å². The lowest BCUT2D eigenvalue weighted by Crippen LogP contribution is -2.13. The number of hydrogen-bond donors (Lipinski definition) is 3. The molecule has 0 aliphatic heterocycles. The van der Waals surface area contributed by atoms with Gasteiger partial charge in [0.2, 0.25) is 0 Å². The van der Waals surface area contributed by atoms with E-state index in [9.17, 15) is 10.2 Å². The molecule has 0 radical (unpaired) electrons. The van der Waals surface area contributed by atoms with E-state index in [1.54, 1.807) is 38.5 Å². The molecule has 3 N–H and O–H groups in total. The number of pyridine rings is 1. The van der Waals surface area contributed by atoms with Crippen molar-refractivity contribution in [2.45, 2.75) is 19.6 Å². The summed E-state index contributed by atoms with van der Waals surface area (Å²) in [5, 5.41) is 21.9. The SMILES string of the molecule is BNCCCOc1cc(OC)c(-c2cc(CO)nc(CO)c2)c(OC)c1. The summed E-state index contributed by atoms with van der Waals surface area (Å²) in [4.78, 5) is 4.17. The van der Waals surface area contributed by atoms with Gasteiger partial charge in [-0.1, -0.05) is 0 Å². The lowest BCUT2D eigenvalue weighted by Gasteiger charge is -2.17. The van der Waals surface area contributed by atoms with Gasteiger partial charge in [0.05, 0.1) is 51.0 Å². The maximum absolute atomic E-state index is 9.44. The maximum atomic E-state index is 9.44. The molecule has 0 unspecified atom stereocenters. The first kappa shape index (κ1) is 20.0. The smallest absolute Gasteiger partial charge is 0.181 e. The van der Waals surface area contributed by atoms with Crippen LogP contribution in [-0.2, 0) is 13.2 Å². The molecule has 2 aromatic rings. The van der Waals surface area contributed by atoms with E-state index in [4.69, 9.17) is 14.2 Å². The highest BCUT2D eigenvalue weighted by Crippen LogP contribution is 2.42. The molecule has 0 bridgehead atoms. The number of ether oxygens (including phenoxy) is 3. The zero-order valence-corrected chi connectivity index (χ0v) is 15.4. The van der Waals surface area contributed by atoms with Gasteiger partial charge in [-0.05, 0) is 30.7 Å². The maximum Gasteiger partial charge on any atom is 0.181 e. The molecular formula is C18H25BN2O5. The Morgan fingerprint density at radius 3 is 2.04 bits per heavy atom. The summed E-state index contributed by atoms with van der Waals surface area (Å²) in [6.07, 6.45) is 0.882. The van der Waals surface area contributed by atoms with Crippen LogP contribution in [0.1, 0.15) is 17.8 Å². The van der Waals surface area contributed by atoms with Gasteiger partial charge in [0.25, 0.3) is 0 Å². The summed E-state index contributed by atoms with van der Waals surface area (Å²) < 4.78 is 16.9. The average Bonchev–Trinajstić information content (AvgIpc) is 2.69. The highest BCUT2D eigenvalue weighted by Gasteiger charge is 2.17. The van der Waals surface area contributed by atoms with E-state index in [1.807, 2.05) is 7.98 Å². The second-order valence-corrected chi connectivity index (χ2v) is 5.66. The normalized spacial score (nSPS) is 10.6. The lowest BCUT2D eigenvalue weighted by molar-refractivity contribution is 0.265. The van der Waals surface area contributed by atoms with Gasteiger partial charge in [0, 0.05) is 12.1 Å². The van der Waals surface area contributed by atoms with E-state index in [0.29, 0.717) is 40.8 Å². The Morgan fingerprint density at radius 2 is 1.58 bits per heavy atom. The first-order valence-electron chi connectivity index (χ1n) is 8.42. The zero-order valence-electron chi connectivity index (χ0n) is 15.4. The van der Waals surface area contributed by atoms with E-state index in [2.05, 4.69) is 10.2 Å². The molecule has 2 rings (SSSR count). The summed E-state index contributed by atoms with van der Waals surface area (Å²) >= 11 is 0. The van der Waals surface area contributed by atoms with Crippen LogP contribution >= 0.6 is 0 Å². The first-order valence-corrected chi connectivity index (χ1v) is 8.42. The van der Waals surface area contributed by atoms with Crippen LogP contribution in [0.3, 0.4) is 0 Å². The van der Waals surface area contributed by atoms with E-state index < -0.39 is 0 Å². The Balaban J connectivity index is 2.44. The van der Waals surface area contributed by atoms with E-state index in [-0.39, 0.29) is 13.2 Å². The van der Waals surface area contributed by atoms with Crippen molar-refractivity contribution in [2.75, 3.05) is 27.4 Å². The zero-order chi connectivity index (χ0) is 18.9. The molecule has 0 fully saturated rings. The molecule has 0 saturated carbocycles. The van der Waals surface area contributed by atoms with Gasteiger partial charge in [-0.3, -0.25) is 4.98 Å². The summed E-state index contributed by atoms with van der Waals surface area (Å²) in [7, 11) is 5.05. The average molecular weight is 360 g/mol. The van der Waals surface area contributed by atoms with Crippen molar-refractivity contribution < 1.29 is 24.4 Å². The second-order valence-electron chi connectivity index (χ2n) is 5.66. The Hall–Kier alpha value is -2.29. The molecular weight excluding hydrogens is 335 g/mol. The number of aliphatic hydroxyl groups is 2. The van der Waals surface area contributed by atoms with Gasteiger partial charge in [-0.2, -0.15) is 0 Å². The molecule has 7 nitrogen and oxygen atoms in total. The van der Waals surface area contributed by atoms with Crippen molar-refractivity contribution in [3.63, 3.8) is 0 Å². The molecule has 0 atom stereocenters. The molecule has 1 aromatic carbocycles. The quantitative estimate of drug-likeness (QED) is 0.423. The van der Waals surface area contributed by atoms with Crippen LogP contribution in [0.4, 0.5) is 0 Å². The largest absolute Gasteiger partial charge is 0.496 e. The first-order chi connectivity index (χ1) is 12.7. The van der Waals surface area contributed by atoms with E-state index in [0.717, 1.165) is 18.5 Å². The number of aromatic nitrogens is 1. The Morgan fingerprint density at radius 1 is 1.00 bits per heavy atom. The fourth-order valence-electron chi connectivity index (χ4n) is 2.65. The standard InChI is InChI=1S/C18H25BN2O5/c1-24-16-8-15(26-5-3-4-20-19)9-17(25-2)18(16)12-6-13(10-22)21-14(7-12)11-23/h6-9,20,22-23H,3-5,10-11,19H2,1-2H3. The van der Waals surface area contributed by atoms with Crippen LogP contribution in [-0.4, -0.2) is 50.5 Å². The van der Waals surface area contributed by atoms with Crippen LogP contribution in [0.2, 0.25) is 0 Å². The van der Waals surface area contributed by atoms with Gasteiger partial charge in [0.1, 0.15) is 17.2 Å². The molecule has 1 aromatic heterocycles. The number of aliphatic hydroxyl groups excluding tert-OH is 2. The lowest BCUT2D eigenvalue weighted by atomic mass is 10.0. The highest BCUT2D eigenvalue weighted by atomic mass is 16.5. The minimum Gasteiger partial charge on any atom is -0.496 e. The van der Waals surface area contributed by atoms with Gasteiger partial charge in [-0.15, -0.1) is 0 Å². The number of rotatable bonds is 10. The fourth-order valence-corrected chi connectivity index (χ4v) is 2.65. The van der Waals surface area contributed by atoms with E-state index in [1.165, 1.54) is 0 Å². The van der Waals surface area contributed by atoms with Crippen molar-refractivity contribution in [3.05, 3.63) is 35.7 Å². The Labute approximate surface area is 154 Å². The van der Waals surface area contributed by atoms with E-state index >= 15 is 0 Å². The third-order valence-corrected chi connectivity index (χ3v) is 3.86. The van der Waals surface area contributed by atoms with Crippen molar-refractivity contribution in [1.29, 1.82) is 0 Å². The van der Waals surface area contributed by atoms with Gasteiger partial charge >= 0.3 is 0 Å². The molecule has 140 valence electrons. The van der Waals surface area contributed by atoms with Crippen LogP contribution in [0.25, 0.3) is 11.1 Å². The molecule has 26 heavy (non-hydrogen) atoms. The number of methoxy groups -OCH3 is 2. The molecule has 0 aliphatic carbocycles. The Kier molecular flexibility index (Phi) is 7.71. The summed E-state index contributed by atoms with van der Waals surface area (Å²) in [6.45, 7) is 0.999. The second kappa shape index (κ2) is 10.0. The molecule has 0 spiro atoms. The third-order valence-electron chi connectivity index (χ3n) is 3.86. The monoisotopic (exact) mass is 360 g/mol. The molecule has 1 heterocycles. The highest BCUT2D eigenvalue weighted by molar-refractivity contribution is 6.04. The topological polar surface area (TPSA) is 93.1 Å². The number of nitrogens with one attached hydrogen (secondary N) is 1. The molecule has 8 heteroatoms. The summed E-state index contributed by atoms with van der Waals surface area (Å²) in [6, 6.07) is 7.09. The third kappa shape index (κ3) is 4.88. The summed E-state index contributed by atoms with van der Waals surface area (Å²) in [5.41, 5.74) is 2.37. The predicted octanol–water partition coefficient (Wildman–Crippen LogP) is 0.657. The van der Waals surface area contributed by atoms with Crippen LogP contribution in [0.5, 0.6) is 17.2 Å². The summed E-state index contributed by atoms with van der Waals surface area (Å²) in [5.74, 6) is 1.80. The Bertz CT molecular complexity index is 679. The molecule has 0 amide bonds. The van der Waals surface area contributed by atoms with Gasteiger partial charge in [-0.25, -0.2) is 0 Å². The fraction of sp³-hybridized carbons (Fsp3) is 0.389. The van der Waals surface area contributed by atoms with Crippen molar-refractivity contribution >= 4 is 7.98 Å². The van der Waals surface area contributed by atoms with Crippen molar-refractivity contribution in [2.24, 2.45) is 0 Å². The predicted molar refractivity (Wildman–Crippen MR) is 101 cm³/mol. The van der Waals surface area contributed by atoms with Gasteiger partial charge < -0.3 is 29.7 Å². The van der Waals surface area contributed by atoms with Crippen molar-refractivity contribution in [1.82, 2.24) is 10.2 Å². The van der Waals surface area contributed by atoms with Crippen LogP contribution in [0.15, 0.2) is 24.3 Å². The minimum absolute atomic E-state index is 0.224. The van der Waals surface area contributed by atoms with Crippen LogP contribution in [0, 0.1) is 0 Å². The number of benzene rings is 1.